The van der Waals surface area contributed by atoms with Crippen molar-refractivity contribution >= 4 is 34.0 Å². The third kappa shape index (κ3) is 3.94. The molecule has 43 heavy (non-hydrogen) atoms. The number of benzene rings is 4. The van der Waals surface area contributed by atoms with Crippen LogP contribution in [0.4, 0.5) is 0 Å². The van der Waals surface area contributed by atoms with Crippen LogP contribution in [0.25, 0.3) is 45.3 Å². The molecule has 0 spiro atoms. The van der Waals surface area contributed by atoms with Gasteiger partial charge in [0.05, 0.1) is 22.7 Å². The summed E-state index contributed by atoms with van der Waals surface area (Å²) in [5.41, 5.74) is 13.2. The van der Waals surface area contributed by atoms with Gasteiger partial charge < -0.3 is 9.13 Å². The first kappa shape index (κ1) is 25.6. The quantitative estimate of drug-likeness (QED) is 0.214. The van der Waals surface area contributed by atoms with Crippen molar-refractivity contribution in [2.45, 2.75) is 44.9 Å². The van der Waals surface area contributed by atoms with E-state index < -0.39 is 0 Å². The molecule has 2 heterocycles. The predicted octanol–water partition coefficient (Wildman–Crippen LogP) is 9.63. The molecular formula is C40H33N3. The molecule has 3 nitrogen and oxygen atoms in total. The number of para-hydroxylation sites is 2. The summed E-state index contributed by atoms with van der Waals surface area (Å²) in [7, 11) is 0. The first-order valence-corrected chi connectivity index (χ1v) is 15.3. The Morgan fingerprint density at radius 3 is 2.44 bits per heavy atom. The molecule has 8 rings (SSSR count). The number of aromatic nitrogens is 2. The molecule has 0 saturated carbocycles. The molecule has 2 aliphatic rings. The Morgan fingerprint density at radius 1 is 0.791 bits per heavy atom. The van der Waals surface area contributed by atoms with E-state index >= 15 is 0 Å². The van der Waals surface area contributed by atoms with Crippen molar-refractivity contribution in [2.24, 2.45) is 0 Å². The summed E-state index contributed by atoms with van der Waals surface area (Å²) < 4.78 is 4.84. The number of nitrogens with zero attached hydrogens (tertiary/aromatic N) is 3. The lowest BCUT2D eigenvalue weighted by molar-refractivity contribution is 0.586. The second-order valence-corrected chi connectivity index (χ2v) is 12.3. The number of allylic oxidation sites excluding steroid dienone is 2. The van der Waals surface area contributed by atoms with Crippen molar-refractivity contribution in [3.8, 4) is 17.4 Å². The molecule has 208 valence electrons. The fourth-order valence-corrected chi connectivity index (χ4v) is 7.38. The average Bonchev–Trinajstić information content (AvgIpc) is 3.40. The van der Waals surface area contributed by atoms with E-state index in [4.69, 9.17) is 0 Å². The van der Waals surface area contributed by atoms with Gasteiger partial charge in [-0.25, -0.2) is 0 Å². The van der Waals surface area contributed by atoms with Crippen LogP contribution in [0.1, 0.15) is 59.0 Å². The zero-order valence-electron chi connectivity index (χ0n) is 24.6. The van der Waals surface area contributed by atoms with E-state index in [-0.39, 0.29) is 5.41 Å². The van der Waals surface area contributed by atoms with Crippen LogP contribution in [0.3, 0.4) is 0 Å². The van der Waals surface area contributed by atoms with E-state index in [1.807, 2.05) is 13.0 Å². The van der Waals surface area contributed by atoms with Gasteiger partial charge in [-0.3, -0.25) is 0 Å². The van der Waals surface area contributed by atoms with Crippen LogP contribution in [-0.4, -0.2) is 9.13 Å². The summed E-state index contributed by atoms with van der Waals surface area (Å²) in [6.07, 6.45) is 13.7. The van der Waals surface area contributed by atoms with Crippen molar-refractivity contribution < 1.29 is 0 Å². The molecule has 2 aromatic heterocycles. The van der Waals surface area contributed by atoms with Crippen LogP contribution in [0.5, 0.6) is 0 Å². The van der Waals surface area contributed by atoms with Gasteiger partial charge in [-0.1, -0.05) is 67.6 Å². The van der Waals surface area contributed by atoms with E-state index in [2.05, 4.69) is 131 Å². The average molecular weight is 556 g/mol. The highest BCUT2D eigenvalue weighted by molar-refractivity contribution is 6.09. The van der Waals surface area contributed by atoms with Gasteiger partial charge in [0.2, 0.25) is 0 Å². The van der Waals surface area contributed by atoms with E-state index in [0.29, 0.717) is 0 Å². The summed E-state index contributed by atoms with van der Waals surface area (Å²) in [5, 5.41) is 12.1. The molecule has 0 unspecified atom stereocenters. The zero-order chi connectivity index (χ0) is 29.1. The maximum atomic E-state index is 9.53. The van der Waals surface area contributed by atoms with Crippen molar-refractivity contribution in [1.29, 1.82) is 5.26 Å². The highest BCUT2D eigenvalue weighted by atomic mass is 15.0. The van der Waals surface area contributed by atoms with Crippen LogP contribution in [-0.2, 0) is 18.3 Å². The van der Waals surface area contributed by atoms with E-state index in [1.54, 1.807) is 0 Å². The molecule has 0 fully saturated rings. The Kier molecular flexibility index (Phi) is 5.81. The van der Waals surface area contributed by atoms with Crippen LogP contribution < -0.4 is 0 Å². The molecule has 0 amide bonds. The van der Waals surface area contributed by atoms with Gasteiger partial charge in [-0.2, -0.15) is 5.26 Å². The number of aryl methyl sites for hydroxylation is 1. The predicted molar refractivity (Wildman–Crippen MR) is 178 cm³/mol. The summed E-state index contributed by atoms with van der Waals surface area (Å²) in [6.45, 7) is 4.42. The third-order valence-corrected chi connectivity index (χ3v) is 9.61. The second-order valence-electron chi connectivity index (χ2n) is 12.3. The monoisotopic (exact) mass is 555 g/mol. The van der Waals surface area contributed by atoms with Gasteiger partial charge >= 0.3 is 0 Å². The highest BCUT2D eigenvalue weighted by Gasteiger charge is 2.34. The number of rotatable bonds is 3. The molecule has 6 aromatic rings. The van der Waals surface area contributed by atoms with Crippen LogP contribution in [0, 0.1) is 18.3 Å². The van der Waals surface area contributed by atoms with E-state index in [9.17, 15) is 5.26 Å². The minimum Gasteiger partial charge on any atom is -0.313 e. The summed E-state index contributed by atoms with van der Waals surface area (Å²) in [6, 6.07) is 35.1. The highest BCUT2D eigenvalue weighted by Crippen LogP contribution is 2.43. The van der Waals surface area contributed by atoms with Crippen molar-refractivity contribution in [2.75, 3.05) is 0 Å². The van der Waals surface area contributed by atoms with Gasteiger partial charge in [0.1, 0.15) is 0 Å². The number of fused-ring (bicyclic) bond motifs is 6. The lowest BCUT2D eigenvalue weighted by Gasteiger charge is -2.31. The van der Waals surface area contributed by atoms with Crippen LogP contribution in [0.15, 0.2) is 103 Å². The fourth-order valence-electron chi connectivity index (χ4n) is 7.38. The van der Waals surface area contributed by atoms with Gasteiger partial charge in [-0.05, 0) is 109 Å². The van der Waals surface area contributed by atoms with Gasteiger partial charge in [0.25, 0.3) is 0 Å². The molecular weight excluding hydrogens is 522 g/mol. The number of hydrogen-bond donors (Lipinski definition) is 0. The Balaban J connectivity index is 1.28. The van der Waals surface area contributed by atoms with E-state index in [0.717, 1.165) is 42.5 Å². The largest absolute Gasteiger partial charge is 0.313 e. The Hall–Kier alpha value is -5.07. The summed E-state index contributed by atoms with van der Waals surface area (Å²) >= 11 is 0. The maximum absolute atomic E-state index is 9.53. The first-order chi connectivity index (χ1) is 21.1. The normalized spacial score (nSPS) is 17.5. The molecule has 4 aromatic carbocycles. The molecule has 0 N–H and O–H groups in total. The molecule has 0 bridgehead atoms. The SMILES string of the molecule is Cc1cc(-n2c3c(c4c2CCCC=C4)C[C@](C)(c2ccc4c(c2)c2ccccc2n4-c2ccccc2)C=C3)ccc1C#N. The number of nitriles is 1. The van der Waals surface area contributed by atoms with Gasteiger partial charge in [0.15, 0.2) is 0 Å². The van der Waals surface area contributed by atoms with Gasteiger partial charge in [0, 0.05) is 39.0 Å². The van der Waals surface area contributed by atoms with E-state index in [1.165, 1.54) is 55.6 Å². The molecule has 0 saturated heterocycles. The fraction of sp³-hybridized carbons (Fsp3) is 0.175. The van der Waals surface area contributed by atoms with Crippen LogP contribution >= 0.6 is 0 Å². The minimum absolute atomic E-state index is 0.141. The van der Waals surface area contributed by atoms with Crippen molar-refractivity contribution in [1.82, 2.24) is 9.13 Å². The molecule has 1 atom stereocenters. The molecule has 0 aliphatic heterocycles. The maximum Gasteiger partial charge on any atom is 0.0994 e. The number of hydrogen-bond acceptors (Lipinski definition) is 1. The summed E-state index contributed by atoms with van der Waals surface area (Å²) in [5.74, 6) is 0. The van der Waals surface area contributed by atoms with Crippen molar-refractivity contribution in [3.05, 3.63) is 142 Å². The third-order valence-electron chi connectivity index (χ3n) is 9.61. The van der Waals surface area contributed by atoms with Gasteiger partial charge in [-0.15, -0.1) is 0 Å². The summed E-state index contributed by atoms with van der Waals surface area (Å²) in [4.78, 5) is 0. The topological polar surface area (TPSA) is 33.6 Å². The smallest absolute Gasteiger partial charge is 0.0994 e. The second kappa shape index (κ2) is 9.75. The Bertz CT molecular complexity index is 2160. The molecule has 0 radical (unpaired) electrons. The Morgan fingerprint density at radius 2 is 1.60 bits per heavy atom. The van der Waals surface area contributed by atoms with Crippen molar-refractivity contribution in [3.63, 3.8) is 0 Å². The Labute approximate surface area is 252 Å². The molecule has 3 heteroatoms. The lowest BCUT2D eigenvalue weighted by Crippen LogP contribution is -2.25. The zero-order valence-corrected chi connectivity index (χ0v) is 24.6. The van der Waals surface area contributed by atoms with Crippen LogP contribution in [0.2, 0.25) is 0 Å². The lowest BCUT2D eigenvalue weighted by atomic mass is 9.73. The first-order valence-electron chi connectivity index (χ1n) is 15.3. The standard InChI is InChI=1S/C40H33N3/c1-27-23-31(19-17-28(27)26-41)43-37-15-8-4-7-13-33(37)35-25-40(2,22-21-39(35)43)29-18-20-38-34(24-29)32-14-9-10-16-36(32)42(38)30-11-5-3-6-12-30/h3,5-7,9-14,16-24H,4,8,15,25H2,1-2H3/t40-/m1/s1. The molecule has 2 aliphatic carbocycles. The minimum atomic E-state index is -0.141.